The van der Waals surface area contributed by atoms with E-state index >= 15 is 0 Å². The highest BCUT2D eigenvalue weighted by atomic mass is 14.1. The van der Waals surface area contributed by atoms with Gasteiger partial charge in [0.25, 0.3) is 0 Å². The summed E-state index contributed by atoms with van der Waals surface area (Å²) in [6.07, 6.45) is 3.91. The van der Waals surface area contributed by atoms with Crippen LogP contribution in [0.5, 0.6) is 0 Å². The summed E-state index contributed by atoms with van der Waals surface area (Å²) in [6.45, 7) is 49.5. The van der Waals surface area contributed by atoms with Crippen molar-refractivity contribution in [3.63, 3.8) is 0 Å². The molecule has 0 radical (unpaired) electrons. The molecule has 0 aromatic carbocycles. The molecule has 0 aliphatic heterocycles. The number of hydrogen-bond donors (Lipinski definition) is 0. The molecule has 33 heavy (non-hydrogen) atoms. The molecular formula is C33H74. The molecule has 0 spiro atoms. The molecule has 0 heteroatoms. The van der Waals surface area contributed by atoms with E-state index in [-0.39, 0.29) is 7.43 Å². The van der Waals surface area contributed by atoms with Crippen molar-refractivity contribution in [1.82, 2.24) is 0 Å². The Bertz CT molecular complexity index is 389. The van der Waals surface area contributed by atoms with Crippen LogP contribution in [0.3, 0.4) is 0 Å². The first-order chi connectivity index (χ1) is 14.6. The van der Waals surface area contributed by atoms with Gasteiger partial charge in [0, 0.05) is 0 Å². The summed E-state index contributed by atoms with van der Waals surface area (Å²) in [5.41, 5.74) is 8.36. The molecule has 0 nitrogen and oxygen atoms in total. The first kappa shape index (κ1) is 53.4. The Balaban J connectivity index is -0.0000000401. The lowest BCUT2D eigenvalue weighted by molar-refractivity contribution is 0.398. The quantitative estimate of drug-likeness (QED) is 0.360. The largest absolute Gasteiger partial charge is 0.0959 e. The first-order valence-corrected chi connectivity index (χ1v) is 13.2. The zero-order chi connectivity index (χ0) is 28.1. The van der Waals surface area contributed by atoms with Crippen LogP contribution in [-0.4, -0.2) is 0 Å². The summed E-state index contributed by atoms with van der Waals surface area (Å²) in [6, 6.07) is 0. The monoisotopic (exact) mass is 471 g/mol. The van der Waals surface area contributed by atoms with Crippen molar-refractivity contribution in [2.24, 2.45) is 5.41 Å². The smallest absolute Gasteiger partial charge is 0.0385 e. The van der Waals surface area contributed by atoms with Crippen molar-refractivity contribution < 1.29 is 0 Å². The summed E-state index contributed by atoms with van der Waals surface area (Å²) < 4.78 is 0. The second kappa shape index (κ2) is 41.2. The minimum atomic E-state index is 0. The second-order valence-corrected chi connectivity index (χ2v) is 8.72. The highest BCUT2D eigenvalue weighted by Crippen LogP contribution is 2.16. The van der Waals surface area contributed by atoms with E-state index in [4.69, 9.17) is 0 Å². The third-order valence-corrected chi connectivity index (χ3v) is 4.35. The fourth-order valence-electron chi connectivity index (χ4n) is 0.750. The molecular weight excluding hydrogens is 396 g/mol. The van der Waals surface area contributed by atoms with Crippen LogP contribution in [0.4, 0.5) is 0 Å². The Morgan fingerprint density at radius 3 is 0.697 bits per heavy atom. The standard InChI is InChI=1S/C10H18.C6H14.C6H10.C4H10.3C2H6.CH4/c1-7(2)9(5)10(6)8(3)4;1-5-6(2,3)4;1-5(2)6(3)4;1-3-4-2;3*1-2;/h1-6H3;5H2,1-4H3;1,3H2,2,4H3;3-4H2,1-2H3;3*1-2H3;1H4. The van der Waals surface area contributed by atoms with Crippen LogP contribution in [0.25, 0.3) is 0 Å². The van der Waals surface area contributed by atoms with Crippen LogP contribution < -0.4 is 0 Å². The Hall–Kier alpha value is -1.04. The van der Waals surface area contributed by atoms with E-state index in [2.05, 4.69) is 96.2 Å². The Morgan fingerprint density at radius 2 is 0.667 bits per heavy atom. The second-order valence-electron chi connectivity index (χ2n) is 8.72. The summed E-state index contributed by atoms with van der Waals surface area (Å²) in [5, 5.41) is 0. The fourth-order valence-corrected chi connectivity index (χ4v) is 0.750. The average Bonchev–Trinajstić information content (AvgIpc) is 2.77. The topological polar surface area (TPSA) is 0 Å². The summed E-state index contributed by atoms with van der Waals surface area (Å²) >= 11 is 0. The highest BCUT2D eigenvalue weighted by Gasteiger charge is 2.03. The lowest BCUT2D eigenvalue weighted by Gasteiger charge is -2.12. The number of allylic oxidation sites excluding steroid dienone is 6. The Morgan fingerprint density at radius 1 is 0.515 bits per heavy atom. The molecule has 0 aromatic rings. The highest BCUT2D eigenvalue weighted by molar-refractivity contribution is 5.33. The summed E-state index contributed by atoms with van der Waals surface area (Å²) in [5.74, 6) is 0. The minimum Gasteiger partial charge on any atom is -0.0959 e. The molecule has 0 rings (SSSR count). The van der Waals surface area contributed by atoms with E-state index in [1.165, 1.54) is 41.6 Å². The Kier molecular flexibility index (Phi) is 66.7. The third-order valence-electron chi connectivity index (χ3n) is 4.35. The minimum absolute atomic E-state index is 0. The van der Waals surface area contributed by atoms with Crippen molar-refractivity contribution in [3.8, 4) is 0 Å². The van der Waals surface area contributed by atoms with Gasteiger partial charge >= 0.3 is 0 Å². The van der Waals surface area contributed by atoms with Gasteiger partial charge in [-0.15, -0.1) is 0 Å². The molecule has 0 aromatic heterocycles. The van der Waals surface area contributed by atoms with Gasteiger partial charge < -0.3 is 0 Å². The third kappa shape index (κ3) is 72.2. The number of hydrogen-bond acceptors (Lipinski definition) is 0. The van der Waals surface area contributed by atoms with Crippen LogP contribution in [0.2, 0.25) is 0 Å². The molecule has 0 unspecified atom stereocenters. The molecule has 0 bridgehead atoms. The predicted octanol–water partition coefficient (Wildman–Crippen LogP) is 13.8. The zero-order valence-corrected chi connectivity index (χ0v) is 27.0. The number of unbranched alkanes of at least 4 members (excludes halogenated alkanes) is 1. The van der Waals surface area contributed by atoms with Gasteiger partial charge in [-0.05, 0) is 72.0 Å². The maximum atomic E-state index is 3.66. The van der Waals surface area contributed by atoms with E-state index < -0.39 is 0 Å². The molecule has 0 amide bonds. The van der Waals surface area contributed by atoms with Crippen LogP contribution in [0.1, 0.15) is 165 Å². The van der Waals surface area contributed by atoms with Crippen molar-refractivity contribution in [1.29, 1.82) is 0 Å². The van der Waals surface area contributed by atoms with Gasteiger partial charge in [-0.2, -0.15) is 0 Å². The summed E-state index contributed by atoms with van der Waals surface area (Å²) in [7, 11) is 0. The number of rotatable bonds is 3. The molecule has 0 heterocycles. The van der Waals surface area contributed by atoms with E-state index in [9.17, 15) is 0 Å². The van der Waals surface area contributed by atoms with E-state index in [1.807, 2.05) is 55.4 Å². The molecule has 0 atom stereocenters. The predicted molar refractivity (Wildman–Crippen MR) is 169 cm³/mol. The van der Waals surface area contributed by atoms with Gasteiger partial charge in [-0.1, -0.05) is 145 Å². The lowest BCUT2D eigenvalue weighted by atomic mass is 9.94. The van der Waals surface area contributed by atoms with Crippen molar-refractivity contribution >= 4 is 0 Å². The molecule has 0 fully saturated rings. The van der Waals surface area contributed by atoms with Crippen molar-refractivity contribution in [3.05, 3.63) is 46.6 Å². The van der Waals surface area contributed by atoms with E-state index in [0.29, 0.717) is 5.41 Å². The van der Waals surface area contributed by atoms with Crippen LogP contribution in [0.15, 0.2) is 46.6 Å². The molecule has 0 saturated carbocycles. The lowest BCUT2D eigenvalue weighted by Crippen LogP contribution is -2.00. The van der Waals surface area contributed by atoms with Crippen LogP contribution >= 0.6 is 0 Å². The zero-order valence-electron chi connectivity index (χ0n) is 27.0. The van der Waals surface area contributed by atoms with Gasteiger partial charge in [0.1, 0.15) is 0 Å². The van der Waals surface area contributed by atoms with Gasteiger partial charge in [-0.3, -0.25) is 0 Å². The molecule has 0 N–H and O–H groups in total. The van der Waals surface area contributed by atoms with Gasteiger partial charge in [-0.25, -0.2) is 0 Å². The normalized spacial score (nSPS) is 7.76. The van der Waals surface area contributed by atoms with E-state index in [1.54, 1.807) is 0 Å². The van der Waals surface area contributed by atoms with Gasteiger partial charge in [0.2, 0.25) is 0 Å². The molecule has 206 valence electrons. The molecule has 0 aliphatic carbocycles. The fraction of sp³-hybridized carbons (Fsp3) is 0.758. The van der Waals surface area contributed by atoms with Crippen LogP contribution in [0, 0.1) is 5.41 Å². The first-order valence-electron chi connectivity index (χ1n) is 13.2. The maximum Gasteiger partial charge on any atom is -0.0385 e. The molecule has 0 saturated heterocycles. The van der Waals surface area contributed by atoms with Crippen LogP contribution in [-0.2, 0) is 0 Å². The van der Waals surface area contributed by atoms with Gasteiger partial charge in [0.15, 0.2) is 0 Å². The SMILES string of the molecule is C.C=C(C)C(=C)C.CC.CC.CC.CC(C)=C(C)C(C)=C(C)C.CCC(C)(C)C.CCCC. The van der Waals surface area contributed by atoms with E-state index in [0.717, 1.165) is 11.1 Å². The summed E-state index contributed by atoms with van der Waals surface area (Å²) in [4.78, 5) is 0. The maximum absolute atomic E-state index is 3.66. The van der Waals surface area contributed by atoms with Crippen molar-refractivity contribution in [2.75, 3.05) is 0 Å². The van der Waals surface area contributed by atoms with Gasteiger partial charge in [0.05, 0.1) is 0 Å². The van der Waals surface area contributed by atoms with Crippen molar-refractivity contribution in [2.45, 2.75) is 165 Å². The average molecular weight is 471 g/mol. The molecule has 0 aliphatic rings. The Labute approximate surface area is 217 Å².